The Bertz CT molecular complexity index is 490. The van der Waals surface area contributed by atoms with Gasteiger partial charge in [0.1, 0.15) is 5.70 Å². The van der Waals surface area contributed by atoms with Crippen molar-refractivity contribution in [1.29, 1.82) is 0 Å². The van der Waals surface area contributed by atoms with E-state index in [1.165, 1.54) is 0 Å². The van der Waals surface area contributed by atoms with E-state index in [-0.39, 0.29) is 11.9 Å². The minimum Gasteiger partial charge on any atom is -0.369 e. The van der Waals surface area contributed by atoms with Crippen LogP contribution in [0.2, 0.25) is 0 Å². The predicted molar refractivity (Wildman–Crippen MR) is 66.5 cm³/mol. The van der Waals surface area contributed by atoms with Gasteiger partial charge in [0.05, 0.1) is 0 Å². The molecule has 0 unspecified atom stereocenters. The Morgan fingerprint density at radius 2 is 2.00 bits per heavy atom. The Morgan fingerprint density at radius 1 is 1.38 bits per heavy atom. The summed E-state index contributed by atoms with van der Waals surface area (Å²) in [7, 11) is 1.72. The predicted octanol–water partition coefficient (Wildman–Crippen LogP) is 1.58. The molecule has 1 aliphatic heterocycles. The number of aliphatic imine (C=N–C) groups is 1. The molecule has 82 valence electrons. The maximum atomic E-state index is 11.5. The lowest BCUT2D eigenvalue weighted by atomic mass is 10.2. The smallest absolute Gasteiger partial charge is 0.296 e. The van der Waals surface area contributed by atoms with Crippen LogP contribution in [0.4, 0.5) is 0 Å². The molecule has 0 radical (unpaired) electrons. The average molecular weight is 280 g/mol. The van der Waals surface area contributed by atoms with Gasteiger partial charge in [0.15, 0.2) is 0 Å². The molecule has 0 spiro atoms. The number of guanidine groups is 1. The third-order valence-electron chi connectivity index (χ3n) is 2.31. The van der Waals surface area contributed by atoms with Gasteiger partial charge in [-0.2, -0.15) is 4.99 Å². The standard InChI is InChI=1S/C11H10BrN3O/c1-15-9(10(16)14-11(15)13)6-7-2-4-8(12)5-3-7/h2-6H,1H3,(H2,13,14,16). The normalized spacial score (nSPS) is 18.1. The van der Waals surface area contributed by atoms with Crippen LogP contribution in [0.5, 0.6) is 0 Å². The van der Waals surface area contributed by atoms with Gasteiger partial charge in [0, 0.05) is 11.5 Å². The molecule has 2 rings (SSSR count). The number of nitrogens with zero attached hydrogens (tertiary/aromatic N) is 2. The summed E-state index contributed by atoms with van der Waals surface area (Å²) in [6.45, 7) is 0. The van der Waals surface area contributed by atoms with Crippen molar-refractivity contribution in [3.63, 3.8) is 0 Å². The summed E-state index contributed by atoms with van der Waals surface area (Å²) in [5.74, 6) is -0.0729. The van der Waals surface area contributed by atoms with E-state index < -0.39 is 0 Å². The van der Waals surface area contributed by atoms with Gasteiger partial charge >= 0.3 is 0 Å². The van der Waals surface area contributed by atoms with E-state index >= 15 is 0 Å². The summed E-state index contributed by atoms with van der Waals surface area (Å²) in [6.07, 6.45) is 1.76. The highest BCUT2D eigenvalue weighted by Crippen LogP contribution is 2.17. The number of hydrogen-bond acceptors (Lipinski definition) is 3. The second-order valence-electron chi connectivity index (χ2n) is 3.42. The van der Waals surface area contributed by atoms with Crippen LogP contribution >= 0.6 is 15.9 Å². The SMILES string of the molecule is CN1C(=Cc2ccc(Br)cc2)C(=O)N=C1N. The second kappa shape index (κ2) is 4.09. The molecular formula is C11H10BrN3O. The van der Waals surface area contributed by atoms with Crippen LogP contribution in [-0.2, 0) is 4.79 Å². The molecular weight excluding hydrogens is 270 g/mol. The first kappa shape index (κ1) is 10.9. The first-order valence-corrected chi connectivity index (χ1v) is 5.47. The van der Waals surface area contributed by atoms with Crippen molar-refractivity contribution in [2.24, 2.45) is 10.7 Å². The number of benzene rings is 1. The van der Waals surface area contributed by atoms with E-state index in [1.54, 1.807) is 18.0 Å². The molecule has 0 saturated carbocycles. The molecule has 0 atom stereocenters. The molecule has 1 aromatic rings. The van der Waals surface area contributed by atoms with Crippen molar-refractivity contribution in [2.75, 3.05) is 7.05 Å². The van der Waals surface area contributed by atoms with E-state index in [1.807, 2.05) is 24.3 Å². The number of likely N-dealkylation sites (N-methyl/N-ethyl adjacent to an activating group) is 1. The average Bonchev–Trinajstić information content (AvgIpc) is 2.48. The molecule has 5 heteroatoms. The lowest BCUT2D eigenvalue weighted by Gasteiger charge is -2.10. The van der Waals surface area contributed by atoms with Crippen molar-refractivity contribution in [2.45, 2.75) is 0 Å². The number of rotatable bonds is 1. The molecule has 0 bridgehead atoms. The van der Waals surface area contributed by atoms with Crippen molar-refractivity contribution >= 4 is 33.9 Å². The van der Waals surface area contributed by atoms with E-state index in [2.05, 4.69) is 20.9 Å². The van der Waals surface area contributed by atoms with Crippen molar-refractivity contribution in [3.8, 4) is 0 Å². The molecule has 0 saturated heterocycles. The van der Waals surface area contributed by atoms with Gasteiger partial charge in [-0.1, -0.05) is 28.1 Å². The van der Waals surface area contributed by atoms with E-state index in [0.29, 0.717) is 5.70 Å². The molecule has 0 aromatic heterocycles. The number of hydrogen-bond donors (Lipinski definition) is 1. The molecule has 2 N–H and O–H groups in total. The van der Waals surface area contributed by atoms with Crippen LogP contribution in [0.1, 0.15) is 5.56 Å². The van der Waals surface area contributed by atoms with Gasteiger partial charge < -0.3 is 10.6 Å². The summed E-state index contributed by atoms with van der Waals surface area (Å²) < 4.78 is 0.997. The van der Waals surface area contributed by atoms with Crippen LogP contribution in [0, 0.1) is 0 Å². The van der Waals surface area contributed by atoms with E-state index in [4.69, 9.17) is 5.73 Å². The van der Waals surface area contributed by atoms with Gasteiger partial charge in [-0.3, -0.25) is 4.79 Å². The Kier molecular flexibility index (Phi) is 2.78. The molecule has 0 aliphatic carbocycles. The fourth-order valence-electron chi connectivity index (χ4n) is 1.38. The zero-order chi connectivity index (χ0) is 11.7. The lowest BCUT2D eigenvalue weighted by molar-refractivity contribution is -0.114. The van der Waals surface area contributed by atoms with Gasteiger partial charge in [0.2, 0.25) is 5.96 Å². The number of nitrogens with two attached hydrogens (primary N) is 1. The van der Waals surface area contributed by atoms with Gasteiger partial charge in [-0.15, -0.1) is 0 Å². The summed E-state index contributed by atoms with van der Waals surface area (Å²) in [5, 5.41) is 0. The Morgan fingerprint density at radius 3 is 2.50 bits per heavy atom. The maximum Gasteiger partial charge on any atom is 0.296 e. The van der Waals surface area contributed by atoms with Crippen molar-refractivity contribution in [3.05, 3.63) is 40.0 Å². The van der Waals surface area contributed by atoms with E-state index in [0.717, 1.165) is 10.0 Å². The zero-order valence-electron chi connectivity index (χ0n) is 8.64. The fourth-order valence-corrected chi connectivity index (χ4v) is 1.64. The highest BCUT2D eigenvalue weighted by molar-refractivity contribution is 9.10. The summed E-state index contributed by atoms with van der Waals surface area (Å²) in [4.78, 5) is 16.7. The molecule has 16 heavy (non-hydrogen) atoms. The third kappa shape index (κ3) is 1.99. The number of carbonyl (C=O) groups is 1. The minimum absolute atomic E-state index is 0.230. The largest absolute Gasteiger partial charge is 0.369 e. The monoisotopic (exact) mass is 279 g/mol. The molecule has 1 aliphatic rings. The number of carbonyl (C=O) groups excluding carboxylic acids is 1. The van der Waals surface area contributed by atoms with E-state index in [9.17, 15) is 4.79 Å². The first-order valence-electron chi connectivity index (χ1n) is 4.67. The fraction of sp³-hybridized carbons (Fsp3) is 0.0909. The molecule has 4 nitrogen and oxygen atoms in total. The van der Waals surface area contributed by atoms with Crippen LogP contribution in [0.15, 0.2) is 39.4 Å². The molecule has 1 amide bonds. The molecule has 0 fully saturated rings. The summed E-state index contributed by atoms with van der Waals surface area (Å²) >= 11 is 3.35. The van der Waals surface area contributed by atoms with Crippen molar-refractivity contribution in [1.82, 2.24) is 4.90 Å². The van der Waals surface area contributed by atoms with Crippen LogP contribution in [0.3, 0.4) is 0 Å². The van der Waals surface area contributed by atoms with Crippen LogP contribution in [0.25, 0.3) is 6.08 Å². The first-order chi connectivity index (χ1) is 7.58. The summed E-state index contributed by atoms with van der Waals surface area (Å²) in [5.41, 5.74) is 6.96. The third-order valence-corrected chi connectivity index (χ3v) is 2.84. The Hall–Kier alpha value is -1.62. The van der Waals surface area contributed by atoms with Gasteiger partial charge in [-0.05, 0) is 23.8 Å². The summed E-state index contributed by atoms with van der Waals surface area (Å²) in [6, 6.07) is 7.64. The highest BCUT2D eigenvalue weighted by Gasteiger charge is 2.23. The highest BCUT2D eigenvalue weighted by atomic mass is 79.9. The van der Waals surface area contributed by atoms with Crippen LogP contribution < -0.4 is 5.73 Å². The molecule has 1 aromatic carbocycles. The maximum absolute atomic E-state index is 11.5. The van der Waals surface area contributed by atoms with Gasteiger partial charge in [0.25, 0.3) is 5.91 Å². The van der Waals surface area contributed by atoms with Crippen LogP contribution in [-0.4, -0.2) is 23.8 Å². The van der Waals surface area contributed by atoms with Crippen molar-refractivity contribution < 1.29 is 4.79 Å². The number of halogens is 1. The second-order valence-corrected chi connectivity index (χ2v) is 4.33. The lowest BCUT2D eigenvalue weighted by Crippen LogP contribution is -2.28. The number of amides is 1. The minimum atomic E-state index is -0.303. The Balaban J connectivity index is 2.32. The zero-order valence-corrected chi connectivity index (χ0v) is 10.2. The quantitative estimate of drug-likeness (QED) is 0.794. The molecule has 1 heterocycles. The Labute approximate surface area is 102 Å². The topological polar surface area (TPSA) is 58.7 Å². The van der Waals surface area contributed by atoms with Gasteiger partial charge in [-0.25, -0.2) is 0 Å².